The number of nitrogens with one attached hydrogen (secondary N) is 4. The molecule has 0 spiro atoms. The molecule has 0 bridgehead atoms. The van der Waals surface area contributed by atoms with E-state index in [4.69, 9.17) is 5.73 Å². The summed E-state index contributed by atoms with van der Waals surface area (Å²) in [4.78, 5) is 54.9. The molecule has 0 aromatic carbocycles. The smallest absolute Gasteiger partial charge is 0.326 e. The third-order valence-corrected chi connectivity index (χ3v) is 4.38. The maximum atomic E-state index is 12.4. The van der Waals surface area contributed by atoms with E-state index in [0.29, 0.717) is 5.69 Å². The summed E-state index contributed by atoms with van der Waals surface area (Å²) in [6.07, 6.45) is 1.85. The number of hydrogen-bond acceptors (Lipinski definition) is 7. The fourth-order valence-corrected chi connectivity index (χ4v) is 2.55. The average Bonchev–Trinajstić information content (AvgIpc) is 3.15. The quantitative estimate of drug-likeness (QED) is 0.208. The van der Waals surface area contributed by atoms with Crippen LogP contribution in [0, 0.1) is 5.92 Å². The highest BCUT2D eigenvalue weighted by Gasteiger charge is 2.32. The van der Waals surface area contributed by atoms with Gasteiger partial charge in [-0.1, -0.05) is 13.8 Å². The molecule has 0 aliphatic heterocycles. The molecule has 0 fully saturated rings. The van der Waals surface area contributed by atoms with E-state index in [-0.39, 0.29) is 6.42 Å². The molecule has 5 atom stereocenters. The molecule has 0 saturated heterocycles. The fourth-order valence-electron chi connectivity index (χ4n) is 2.55. The molecule has 1 aromatic rings. The predicted molar refractivity (Wildman–Crippen MR) is 106 cm³/mol. The van der Waals surface area contributed by atoms with E-state index in [1.165, 1.54) is 26.4 Å². The summed E-state index contributed by atoms with van der Waals surface area (Å²) in [6, 6.07) is -4.58. The highest BCUT2D eigenvalue weighted by Crippen LogP contribution is 2.04. The number of aliphatic hydroxyl groups excluding tert-OH is 1. The molecule has 0 radical (unpaired) electrons. The van der Waals surface area contributed by atoms with Crippen molar-refractivity contribution in [2.24, 2.45) is 11.7 Å². The number of carbonyl (C=O) groups is 4. The zero-order chi connectivity index (χ0) is 23.0. The molecule has 0 saturated carbocycles. The number of aromatic amines is 1. The fraction of sp³-hybridized carbons (Fsp3) is 0.611. The standard InChI is InChI=1S/C18H30N6O6/c1-8(2)13(18(29)30)23-17(28)14(10(4)25)24-15(26)9(3)22-16(27)12(19)5-11-6-20-7-21-11/h6-10,12-14,25H,5,19H2,1-4H3,(H,20,21)(H,22,27)(H,23,28)(H,24,26)(H,29,30). The maximum absolute atomic E-state index is 12.4. The zero-order valence-corrected chi connectivity index (χ0v) is 17.4. The third kappa shape index (κ3) is 7.44. The van der Waals surface area contributed by atoms with Crippen molar-refractivity contribution < 1.29 is 29.4 Å². The van der Waals surface area contributed by atoms with Gasteiger partial charge in [0, 0.05) is 18.3 Å². The molecule has 1 heterocycles. The van der Waals surface area contributed by atoms with Gasteiger partial charge in [-0.05, 0) is 19.8 Å². The molecule has 12 heteroatoms. The van der Waals surface area contributed by atoms with E-state index < -0.39 is 59.9 Å². The van der Waals surface area contributed by atoms with Gasteiger partial charge in [-0.3, -0.25) is 14.4 Å². The second-order valence-electron chi connectivity index (χ2n) is 7.41. The number of nitrogens with zero attached hydrogens (tertiary/aromatic N) is 1. The van der Waals surface area contributed by atoms with Crippen LogP contribution >= 0.6 is 0 Å². The summed E-state index contributed by atoms with van der Waals surface area (Å²) >= 11 is 0. The topological polar surface area (TPSA) is 200 Å². The molecule has 0 aliphatic carbocycles. The molecule has 12 nitrogen and oxygen atoms in total. The molecule has 30 heavy (non-hydrogen) atoms. The molecular weight excluding hydrogens is 396 g/mol. The highest BCUT2D eigenvalue weighted by atomic mass is 16.4. The van der Waals surface area contributed by atoms with Crippen LogP contribution in [0.5, 0.6) is 0 Å². The van der Waals surface area contributed by atoms with Gasteiger partial charge >= 0.3 is 5.97 Å². The van der Waals surface area contributed by atoms with Crippen molar-refractivity contribution in [3.63, 3.8) is 0 Å². The molecule has 5 unspecified atom stereocenters. The number of carboxylic acid groups (broad SMARTS) is 1. The molecule has 3 amide bonds. The predicted octanol–water partition coefficient (Wildman–Crippen LogP) is -2.12. The van der Waals surface area contributed by atoms with Gasteiger partial charge in [0.2, 0.25) is 17.7 Å². The first-order valence-corrected chi connectivity index (χ1v) is 9.48. The van der Waals surface area contributed by atoms with Crippen molar-refractivity contribution in [2.45, 2.75) is 64.4 Å². The van der Waals surface area contributed by atoms with Gasteiger partial charge in [-0.15, -0.1) is 0 Å². The summed E-state index contributed by atoms with van der Waals surface area (Å²) in [7, 11) is 0. The Kier molecular flexibility index (Phi) is 9.40. The summed E-state index contributed by atoms with van der Waals surface area (Å²) in [6.45, 7) is 5.89. The summed E-state index contributed by atoms with van der Waals surface area (Å²) in [5.74, 6) is -3.83. The van der Waals surface area contributed by atoms with Crippen LogP contribution in [0.25, 0.3) is 0 Å². The maximum Gasteiger partial charge on any atom is 0.326 e. The second kappa shape index (κ2) is 11.3. The number of nitrogens with two attached hydrogens (primary N) is 1. The van der Waals surface area contributed by atoms with E-state index in [0.717, 1.165) is 0 Å². The van der Waals surface area contributed by atoms with Crippen molar-refractivity contribution in [1.82, 2.24) is 25.9 Å². The largest absolute Gasteiger partial charge is 0.480 e. The van der Waals surface area contributed by atoms with Crippen LogP contribution in [0.1, 0.15) is 33.4 Å². The average molecular weight is 426 g/mol. The normalized spacial score (nSPS) is 16.1. The van der Waals surface area contributed by atoms with Crippen LogP contribution in [0.3, 0.4) is 0 Å². The Morgan fingerprint density at radius 3 is 2.10 bits per heavy atom. The number of carbonyl (C=O) groups excluding carboxylic acids is 3. The first-order chi connectivity index (χ1) is 13.9. The minimum atomic E-state index is -1.41. The number of H-pyrrole nitrogens is 1. The minimum Gasteiger partial charge on any atom is -0.480 e. The molecular formula is C18H30N6O6. The van der Waals surface area contributed by atoms with E-state index in [1.807, 2.05) is 0 Å². The SMILES string of the molecule is CC(NC(=O)C(N)Cc1cnc[nH]1)C(=O)NC(C(=O)NC(C(=O)O)C(C)C)C(C)O. The van der Waals surface area contributed by atoms with Crippen LogP contribution in [-0.2, 0) is 25.6 Å². The lowest BCUT2D eigenvalue weighted by Gasteiger charge is -2.26. The summed E-state index contributed by atoms with van der Waals surface area (Å²) in [5, 5.41) is 26.1. The van der Waals surface area contributed by atoms with E-state index >= 15 is 0 Å². The number of aliphatic hydroxyl groups is 1. The molecule has 168 valence electrons. The van der Waals surface area contributed by atoms with Crippen molar-refractivity contribution in [2.75, 3.05) is 0 Å². The van der Waals surface area contributed by atoms with Crippen LogP contribution < -0.4 is 21.7 Å². The first-order valence-electron chi connectivity index (χ1n) is 9.48. The van der Waals surface area contributed by atoms with Gasteiger partial charge < -0.3 is 36.9 Å². The van der Waals surface area contributed by atoms with Crippen molar-refractivity contribution in [3.8, 4) is 0 Å². The zero-order valence-electron chi connectivity index (χ0n) is 17.4. The Hall–Kier alpha value is -2.99. The van der Waals surface area contributed by atoms with Gasteiger partial charge in [-0.25, -0.2) is 9.78 Å². The van der Waals surface area contributed by atoms with Crippen molar-refractivity contribution >= 4 is 23.7 Å². The lowest BCUT2D eigenvalue weighted by Crippen LogP contribution is -2.59. The van der Waals surface area contributed by atoms with Crippen LogP contribution in [-0.4, -0.2) is 74.1 Å². The molecule has 0 aliphatic rings. The van der Waals surface area contributed by atoms with Crippen LogP contribution in [0.2, 0.25) is 0 Å². The monoisotopic (exact) mass is 426 g/mol. The second-order valence-corrected chi connectivity index (χ2v) is 7.41. The van der Waals surface area contributed by atoms with Gasteiger partial charge in [-0.2, -0.15) is 0 Å². The first kappa shape index (κ1) is 25.0. The number of hydrogen-bond donors (Lipinski definition) is 7. The Morgan fingerprint density at radius 1 is 1.03 bits per heavy atom. The van der Waals surface area contributed by atoms with Gasteiger partial charge in [0.1, 0.15) is 18.1 Å². The highest BCUT2D eigenvalue weighted by molar-refractivity contribution is 5.94. The number of rotatable bonds is 11. The number of aliphatic carboxylic acids is 1. The number of amides is 3. The lowest BCUT2D eigenvalue weighted by atomic mass is 10.0. The third-order valence-electron chi connectivity index (χ3n) is 4.38. The van der Waals surface area contributed by atoms with Crippen molar-refractivity contribution in [1.29, 1.82) is 0 Å². The number of carboxylic acids is 1. The Balaban J connectivity index is 2.69. The molecule has 1 rings (SSSR count). The van der Waals surface area contributed by atoms with Gasteiger partial charge in [0.25, 0.3) is 0 Å². The van der Waals surface area contributed by atoms with Crippen molar-refractivity contribution in [3.05, 3.63) is 18.2 Å². The number of aromatic nitrogens is 2. The number of imidazole rings is 1. The Labute approximate surface area is 174 Å². The van der Waals surface area contributed by atoms with Crippen LogP contribution in [0.15, 0.2) is 12.5 Å². The van der Waals surface area contributed by atoms with E-state index in [2.05, 4.69) is 25.9 Å². The Bertz CT molecular complexity index is 736. The Morgan fingerprint density at radius 2 is 1.63 bits per heavy atom. The van der Waals surface area contributed by atoms with E-state index in [9.17, 15) is 29.4 Å². The lowest BCUT2D eigenvalue weighted by molar-refractivity contribution is -0.144. The summed E-state index contributed by atoms with van der Waals surface area (Å²) in [5.41, 5.74) is 6.47. The van der Waals surface area contributed by atoms with Crippen LogP contribution in [0.4, 0.5) is 0 Å². The van der Waals surface area contributed by atoms with E-state index in [1.54, 1.807) is 13.8 Å². The molecule has 8 N–H and O–H groups in total. The molecule has 1 aromatic heterocycles. The van der Waals surface area contributed by atoms with Gasteiger partial charge in [0.15, 0.2) is 0 Å². The summed E-state index contributed by atoms with van der Waals surface area (Å²) < 4.78 is 0. The minimum absolute atomic E-state index is 0.185. The van der Waals surface area contributed by atoms with Gasteiger partial charge in [0.05, 0.1) is 18.5 Å².